The highest BCUT2D eigenvalue weighted by Crippen LogP contribution is 2.30. The Kier molecular flexibility index (Phi) is 23.2. The van der Waals surface area contributed by atoms with E-state index in [0.717, 1.165) is 5.57 Å². The molecular weight excluding hydrogens is 784 g/mol. The predicted octanol–water partition coefficient (Wildman–Crippen LogP) is 6.91. The summed E-state index contributed by atoms with van der Waals surface area (Å²) in [4.78, 5) is 32.0. The number of aliphatic hydroxyl groups is 4. The van der Waals surface area contributed by atoms with Crippen LogP contribution in [0.25, 0.3) is 0 Å². The van der Waals surface area contributed by atoms with Crippen molar-refractivity contribution in [1.82, 2.24) is 5.32 Å². The van der Waals surface area contributed by atoms with Crippen LogP contribution >= 0.6 is 0 Å². The summed E-state index contributed by atoms with van der Waals surface area (Å²) in [6.45, 7) is 16.2. The van der Waals surface area contributed by atoms with Crippen molar-refractivity contribution < 1.29 is 53.5 Å². The number of carbonyl (C=O) groups is 2. The fourth-order valence-corrected chi connectivity index (χ4v) is 7.32. The maximum atomic E-state index is 13.9. The van der Waals surface area contributed by atoms with E-state index in [-0.39, 0.29) is 47.5 Å². The van der Waals surface area contributed by atoms with Crippen LogP contribution in [0.4, 0.5) is 4.39 Å². The fourth-order valence-electron chi connectivity index (χ4n) is 7.32. The molecular formula is C48H71FN2O10. The van der Waals surface area contributed by atoms with Gasteiger partial charge in [-0.15, -0.1) is 0 Å². The van der Waals surface area contributed by atoms with Crippen molar-refractivity contribution >= 4 is 17.6 Å². The van der Waals surface area contributed by atoms with E-state index in [1.807, 2.05) is 46.8 Å². The van der Waals surface area contributed by atoms with Crippen molar-refractivity contribution in [3.05, 3.63) is 107 Å². The van der Waals surface area contributed by atoms with Gasteiger partial charge in [0.05, 0.1) is 37.2 Å². The Hall–Kier alpha value is -4.40. The molecule has 1 aliphatic rings. The van der Waals surface area contributed by atoms with Gasteiger partial charge >= 0.3 is 5.97 Å². The fraction of sp³-hybridized carbons (Fsp3) is 0.562. The monoisotopic (exact) mass is 855 g/mol. The van der Waals surface area contributed by atoms with Crippen molar-refractivity contribution in [3.63, 3.8) is 0 Å². The number of methoxy groups -OCH3 is 2. The van der Waals surface area contributed by atoms with Crippen molar-refractivity contribution in [3.8, 4) is 0 Å². The van der Waals surface area contributed by atoms with Crippen LogP contribution < -0.4 is 5.32 Å². The number of carbonyl (C=O) groups excluding carboxylic acids is 2. The number of benzene rings is 1. The van der Waals surface area contributed by atoms with Gasteiger partial charge in [0.1, 0.15) is 18.0 Å². The number of aliphatic hydroxyl groups excluding tert-OH is 4. The van der Waals surface area contributed by atoms with E-state index in [0.29, 0.717) is 24.0 Å². The molecule has 12 nitrogen and oxygen atoms in total. The Balaban J connectivity index is 2.56. The second kappa shape index (κ2) is 26.8. The van der Waals surface area contributed by atoms with Gasteiger partial charge in [-0.25, -0.2) is 9.18 Å². The smallest absolute Gasteiger partial charge is 0.373 e. The highest BCUT2D eigenvalue weighted by Gasteiger charge is 2.38. The summed E-state index contributed by atoms with van der Waals surface area (Å²) in [5, 5.41) is 52.2. The van der Waals surface area contributed by atoms with Crippen LogP contribution in [0.5, 0.6) is 0 Å². The highest BCUT2D eigenvalue weighted by atomic mass is 19.1. The van der Waals surface area contributed by atoms with E-state index in [1.165, 1.54) is 32.4 Å². The van der Waals surface area contributed by atoms with E-state index >= 15 is 0 Å². The number of oxime groups is 1. The number of rotatable bonds is 16. The number of amides is 1. The topological polar surface area (TPSA) is 176 Å². The lowest BCUT2D eigenvalue weighted by Crippen LogP contribution is -2.45. The van der Waals surface area contributed by atoms with E-state index < -0.39 is 66.9 Å². The van der Waals surface area contributed by atoms with E-state index in [9.17, 15) is 34.4 Å². The minimum absolute atomic E-state index is 0.114. The lowest BCUT2D eigenvalue weighted by molar-refractivity contribution is -0.161. The SMILES string of the molecule is C/C=C/C(O)C(C)/C=C/C(=N/OCC(=O)NCc1ccc(F)cc1)C(C)C(O)C(C)C1OC(=O)/C(OC)=C/C(C)=C/C(C)C(O)C(CC)C(O)C(C)C/C(C)=C/C=C/C1OC. The Bertz CT molecular complexity index is 1740. The Labute approximate surface area is 362 Å². The summed E-state index contributed by atoms with van der Waals surface area (Å²) >= 11 is 0. The summed E-state index contributed by atoms with van der Waals surface area (Å²) in [5.41, 5.74) is 2.54. The number of hydrogen-bond acceptors (Lipinski definition) is 11. The van der Waals surface area contributed by atoms with Gasteiger partial charge < -0.3 is 44.8 Å². The number of esters is 1. The summed E-state index contributed by atoms with van der Waals surface area (Å²) in [5.74, 6) is -4.61. The summed E-state index contributed by atoms with van der Waals surface area (Å²) in [6, 6.07) is 5.72. The lowest BCUT2D eigenvalue weighted by Gasteiger charge is -2.34. The van der Waals surface area contributed by atoms with Gasteiger partial charge in [-0.1, -0.05) is 113 Å². The molecule has 12 atom stereocenters. The Morgan fingerprint density at radius 3 is 2.34 bits per heavy atom. The average Bonchev–Trinajstić information content (AvgIpc) is 3.23. The zero-order valence-electron chi connectivity index (χ0n) is 37.8. The molecule has 0 aliphatic carbocycles. The molecule has 0 fully saturated rings. The summed E-state index contributed by atoms with van der Waals surface area (Å²) < 4.78 is 30.9. The van der Waals surface area contributed by atoms with Crippen LogP contribution in [0.3, 0.4) is 0 Å². The molecule has 1 amide bonds. The third-order valence-corrected chi connectivity index (χ3v) is 11.2. The molecule has 1 aromatic carbocycles. The number of cyclic esters (lactones) is 1. The van der Waals surface area contributed by atoms with E-state index in [4.69, 9.17) is 19.0 Å². The first-order chi connectivity index (χ1) is 28.9. The van der Waals surface area contributed by atoms with E-state index in [2.05, 4.69) is 10.5 Å². The molecule has 0 radical (unpaired) electrons. The maximum Gasteiger partial charge on any atom is 0.373 e. The third-order valence-electron chi connectivity index (χ3n) is 11.2. The van der Waals surface area contributed by atoms with Crippen molar-refractivity contribution in [2.24, 2.45) is 40.7 Å². The molecule has 0 saturated heterocycles. The van der Waals surface area contributed by atoms with E-state index in [1.54, 1.807) is 76.3 Å². The molecule has 12 unspecified atom stereocenters. The zero-order chi connectivity index (χ0) is 45.8. The average molecular weight is 855 g/mol. The van der Waals surface area contributed by atoms with Crippen LogP contribution in [0.2, 0.25) is 0 Å². The highest BCUT2D eigenvalue weighted by molar-refractivity contribution is 5.96. The first kappa shape index (κ1) is 52.7. The van der Waals surface area contributed by atoms with Gasteiger partial charge in [-0.3, -0.25) is 4.79 Å². The summed E-state index contributed by atoms with van der Waals surface area (Å²) in [7, 11) is 2.82. The van der Waals surface area contributed by atoms with Crippen LogP contribution in [0.15, 0.2) is 101 Å². The Morgan fingerprint density at radius 2 is 1.74 bits per heavy atom. The molecule has 0 saturated carbocycles. The van der Waals surface area contributed by atoms with Crippen LogP contribution in [0, 0.1) is 41.3 Å². The predicted molar refractivity (Wildman–Crippen MR) is 236 cm³/mol. The molecule has 340 valence electrons. The molecule has 1 heterocycles. The van der Waals surface area contributed by atoms with Crippen LogP contribution in [0.1, 0.15) is 80.7 Å². The standard InChI is InChI=1S/C48H71FN2O10/c1-12-15-40(52)31(5)18-23-39(51-60-28-43(53)50-27-36-19-21-37(49)22-20-36)34(8)46(56)35(9)47-41(58-10)17-14-16-29(3)24-32(6)44(54)38(13-2)45(55)33(7)25-30(4)26-42(59-11)48(57)61-47/h12,14-23,25-26,31-35,38,40-41,44-47,52,54-56H,13,24,27-28H2,1-11H3,(H,50,53)/b15-12+,17-14+,23-18+,29-16+,30-25+,42-26-,51-39-. The van der Waals surface area contributed by atoms with Gasteiger partial charge in [0.25, 0.3) is 5.91 Å². The van der Waals surface area contributed by atoms with Crippen LogP contribution in [-0.2, 0) is 35.2 Å². The quantitative estimate of drug-likeness (QED) is 0.0509. The maximum absolute atomic E-state index is 13.9. The van der Waals surface area contributed by atoms with Crippen LogP contribution in [-0.4, -0.2) is 95.5 Å². The van der Waals surface area contributed by atoms with Crippen molar-refractivity contribution in [2.45, 2.75) is 118 Å². The van der Waals surface area contributed by atoms with Crippen molar-refractivity contribution in [2.75, 3.05) is 20.8 Å². The molecule has 1 aliphatic heterocycles. The van der Waals surface area contributed by atoms with Gasteiger partial charge in [-0.2, -0.15) is 0 Å². The number of halogens is 1. The molecule has 0 bridgehead atoms. The molecule has 13 heteroatoms. The minimum Gasteiger partial charge on any atom is -0.490 e. The molecule has 61 heavy (non-hydrogen) atoms. The van der Waals surface area contributed by atoms with Crippen molar-refractivity contribution in [1.29, 1.82) is 0 Å². The molecule has 0 aromatic heterocycles. The third kappa shape index (κ3) is 17.1. The zero-order valence-corrected chi connectivity index (χ0v) is 37.8. The number of allylic oxidation sites excluding steroid dienone is 7. The second-order valence-corrected chi connectivity index (χ2v) is 16.3. The van der Waals surface area contributed by atoms with Gasteiger partial charge in [0.15, 0.2) is 6.61 Å². The second-order valence-electron chi connectivity index (χ2n) is 16.3. The van der Waals surface area contributed by atoms with Gasteiger partial charge in [0.2, 0.25) is 5.76 Å². The number of nitrogens with one attached hydrogen (secondary N) is 1. The normalized spacial score (nSPS) is 29.6. The summed E-state index contributed by atoms with van der Waals surface area (Å²) in [6.07, 6.45) is 11.0. The molecule has 0 spiro atoms. The molecule has 2 rings (SSSR count). The lowest BCUT2D eigenvalue weighted by atomic mass is 9.79. The number of hydrogen-bond donors (Lipinski definition) is 5. The molecule has 5 N–H and O–H groups in total. The molecule has 1 aromatic rings. The Morgan fingerprint density at radius 1 is 1.07 bits per heavy atom. The number of nitrogens with zero attached hydrogens (tertiary/aromatic N) is 1. The van der Waals surface area contributed by atoms with Gasteiger partial charge in [-0.05, 0) is 69.4 Å². The minimum atomic E-state index is -1.23. The first-order valence-electron chi connectivity index (χ1n) is 21.1. The number of ether oxygens (including phenoxy) is 3. The largest absolute Gasteiger partial charge is 0.490 e. The van der Waals surface area contributed by atoms with Gasteiger partial charge in [0, 0.05) is 43.2 Å². The first-order valence-corrected chi connectivity index (χ1v) is 21.1.